The molecular weight excluding hydrogens is 312 g/mol. The highest BCUT2D eigenvalue weighted by Crippen LogP contribution is 2.22. The lowest BCUT2D eigenvalue weighted by Gasteiger charge is -2.29. The molecule has 0 saturated carbocycles. The van der Waals surface area contributed by atoms with Crippen molar-refractivity contribution in [3.63, 3.8) is 0 Å². The van der Waals surface area contributed by atoms with Gasteiger partial charge in [0.15, 0.2) is 5.82 Å². The van der Waals surface area contributed by atoms with Crippen LogP contribution in [0.3, 0.4) is 0 Å². The quantitative estimate of drug-likeness (QED) is 0.748. The number of aromatic nitrogens is 3. The van der Waals surface area contributed by atoms with Crippen molar-refractivity contribution in [3.05, 3.63) is 60.0 Å². The molecule has 1 aromatic carbocycles. The van der Waals surface area contributed by atoms with E-state index in [1.54, 1.807) is 6.33 Å². The molecule has 0 spiro atoms. The standard InChI is InChI=1S/C19H24N6/c20-17-7-9-24(10-8-17)13-16-6-11-25-18(16)19(22-14-23-25)21-12-15-4-2-1-3-5-15/h1-6,11,14,17H,7-10,12-13,20H2,(H,21,22,23). The van der Waals surface area contributed by atoms with Crippen molar-refractivity contribution < 1.29 is 0 Å². The van der Waals surface area contributed by atoms with Crippen molar-refractivity contribution in [2.75, 3.05) is 18.4 Å². The molecule has 1 aliphatic heterocycles. The molecule has 0 bridgehead atoms. The maximum atomic E-state index is 6.02. The van der Waals surface area contributed by atoms with E-state index < -0.39 is 0 Å². The zero-order valence-electron chi connectivity index (χ0n) is 14.3. The van der Waals surface area contributed by atoms with Gasteiger partial charge in [0.05, 0.1) is 0 Å². The average Bonchev–Trinajstić information content (AvgIpc) is 3.06. The summed E-state index contributed by atoms with van der Waals surface area (Å²) < 4.78 is 1.91. The van der Waals surface area contributed by atoms with E-state index in [0.29, 0.717) is 6.04 Å². The number of likely N-dealkylation sites (tertiary alicyclic amines) is 1. The summed E-state index contributed by atoms with van der Waals surface area (Å²) in [6.07, 6.45) is 5.75. The fourth-order valence-corrected chi connectivity index (χ4v) is 3.41. The Bertz CT molecular complexity index is 820. The summed E-state index contributed by atoms with van der Waals surface area (Å²) in [7, 11) is 0. The summed E-state index contributed by atoms with van der Waals surface area (Å²) in [4.78, 5) is 6.94. The van der Waals surface area contributed by atoms with Gasteiger partial charge in [0.2, 0.25) is 0 Å². The first-order valence-corrected chi connectivity index (χ1v) is 8.86. The highest BCUT2D eigenvalue weighted by molar-refractivity contribution is 5.72. The van der Waals surface area contributed by atoms with Crippen LogP contribution in [0.15, 0.2) is 48.9 Å². The van der Waals surface area contributed by atoms with E-state index in [4.69, 9.17) is 5.73 Å². The van der Waals surface area contributed by atoms with Crippen LogP contribution < -0.4 is 11.1 Å². The van der Waals surface area contributed by atoms with Gasteiger partial charge in [-0.1, -0.05) is 30.3 Å². The number of nitrogens with zero attached hydrogens (tertiary/aromatic N) is 4. The van der Waals surface area contributed by atoms with E-state index in [2.05, 4.69) is 50.6 Å². The Balaban J connectivity index is 1.54. The van der Waals surface area contributed by atoms with Crippen LogP contribution in [0.1, 0.15) is 24.0 Å². The normalized spacial score (nSPS) is 16.4. The van der Waals surface area contributed by atoms with E-state index in [9.17, 15) is 0 Å². The Labute approximate surface area is 147 Å². The van der Waals surface area contributed by atoms with E-state index in [1.165, 1.54) is 11.1 Å². The Morgan fingerprint density at radius 2 is 1.92 bits per heavy atom. The molecule has 3 N–H and O–H groups in total. The van der Waals surface area contributed by atoms with Crippen molar-refractivity contribution in [1.29, 1.82) is 0 Å². The van der Waals surface area contributed by atoms with E-state index in [1.807, 2.05) is 16.8 Å². The largest absolute Gasteiger partial charge is 0.364 e. The van der Waals surface area contributed by atoms with Crippen LogP contribution in [0.25, 0.3) is 5.52 Å². The highest BCUT2D eigenvalue weighted by atomic mass is 15.3. The molecule has 0 unspecified atom stereocenters. The molecule has 1 fully saturated rings. The molecule has 2 aromatic heterocycles. The topological polar surface area (TPSA) is 71.5 Å². The van der Waals surface area contributed by atoms with Gasteiger partial charge in [-0.2, -0.15) is 5.10 Å². The fraction of sp³-hybridized carbons (Fsp3) is 0.368. The summed E-state index contributed by atoms with van der Waals surface area (Å²) in [5.74, 6) is 0.882. The summed E-state index contributed by atoms with van der Waals surface area (Å²) in [5.41, 5.74) is 9.57. The number of hydrogen-bond donors (Lipinski definition) is 2. The maximum Gasteiger partial charge on any atom is 0.154 e. The Kier molecular flexibility index (Phi) is 4.63. The first-order chi connectivity index (χ1) is 12.3. The van der Waals surface area contributed by atoms with Crippen molar-refractivity contribution in [2.24, 2.45) is 5.73 Å². The van der Waals surface area contributed by atoms with Gasteiger partial charge >= 0.3 is 0 Å². The number of anilines is 1. The Morgan fingerprint density at radius 1 is 1.12 bits per heavy atom. The number of nitrogens with one attached hydrogen (secondary N) is 1. The lowest BCUT2D eigenvalue weighted by atomic mass is 10.1. The zero-order valence-corrected chi connectivity index (χ0v) is 14.3. The molecular formula is C19H24N6. The van der Waals surface area contributed by atoms with Gasteiger partial charge in [-0.25, -0.2) is 9.50 Å². The van der Waals surface area contributed by atoms with Crippen LogP contribution in [0, 0.1) is 0 Å². The molecule has 0 atom stereocenters. The SMILES string of the molecule is NC1CCN(Cc2ccn3ncnc(NCc4ccccc4)c23)CC1. The van der Waals surface area contributed by atoms with E-state index in [-0.39, 0.29) is 0 Å². The van der Waals surface area contributed by atoms with Crippen LogP contribution >= 0.6 is 0 Å². The molecule has 0 aliphatic carbocycles. The molecule has 6 nitrogen and oxygen atoms in total. The number of rotatable bonds is 5. The molecule has 130 valence electrons. The van der Waals surface area contributed by atoms with Crippen LogP contribution in [0.4, 0.5) is 5.82 Å². The predicted octanol–water partition coefficient (Wildman–Crippen LogP) is 2.26. The lowest BCUT2D eigenvalue weighted by Crippen LogP contribution is -2.39. The second-order valence-electron chi connectivity index (χ2n) is 6.70. The average molecular weight is 336 g/mol. The van der Waals surface area contributed by atoms with Gasteiger partial charge in [-0.05, 0) is 43.1 Å². The number of hydrogen-bond acceptors (Lipinski definition) is 5. The minimum atomic E-state index is 0.355. The predicted molar refractivity (Wildman–Crippen MR) is 99.2 cm³/mol. The first-order valence-electron chi connectivity index (χ1n) is 8.86. The maximum absolute atomic E-state index is 6.02. The molecule has 25 heavy (non-hydrogen) atoms. The minimum absolute atomic E-state index is 0.355. The number of nitrogens with two attached hydrogens (primary N) is 1. The van der Waals surface area contributed by atoms with Crippen molar-refractivity contribution >= 4 is 11.3 Å². The number of benzene rings is 1. The first kappa shape index (κ1) is 16.1. The minimum Gasteiger partial charge on any atom is -0.364 e. The Morgan fingerprint density at radius 3 is 2.72 bits per heavy atom. The van der Waals surface area contributed by atoms with Crippen LogP contribution in [0.2, 0.25) is 0 Å². The lowest BCUT2D eigenvalue weighted by molar-refractivity contribution is 0.206. The van der Waals surface area contributed by atoms with E-state index in [0.717, 1.165) is 50.4 Å². The third-order valence-corrected chi connectivity index (χ3v) is 4.87. The second kappa shape index (κ2) is 7.21. The molecule has 0 radical (unpaired) electrons. The Hall–Kier alpha value is -2.44. The fourth-order valence-electron chi connectivity index (χ4n) is 3.41. The smallest absolute Gasteiger partial charge is 0.154 e. The third kappa shape index (κ3) is 3.65. The molecule has 1 saturated heterocycles. The van der Waals surface area contributed by atoms with Gasteiger partial charge in [0.25, 0.3) is 0 Å². The zero-order chi connectivity index (χ0) is 17.1. The molecule has 1 aliphatic rings. The van der Waals surface area contributed by atoms with Crippen LogP contribution in [0.5, 0.6) is 0 Å². The summed E-state index contributed by atoms with van der Waals surface area (Å²) in [5, 5.41) is 7.81. The molecule has 4 rings (SSSR count). The molecule has 6 heteroatoms. The number of piperidine rings is 1. The monoisotopic (exact) mass is 336 g/mol. The van der Waals surface area contributed by atoms with Gasteiger partial charge in [0, 0.05) is 25.3 Å². The molecule has 0 amide bonds. The van der Waals surface area contributed by atoms with Gasteiger partial charge in [0.1, 0.15) is 11.8 Å². The third-order valence-electron chi connectivity index (χ3n) is 4.87. The number of fused-ring (bicyclic) bond motifs is 1. The van der Waals surface area contributed by atoms with Crippen molar-refractivity contribution in [2.45, 2.75) is 32.0 Å². The summed E-state index contributed by atoms with van der Waals surface area (Å²) >= 11 is 0. The van der Waals surface area contributed by atoms with Crippen molar-refractivity contribution in [1.82, 2.24) is 19.5 Å². The van der Waals surface area contributed by atoms with Gasteiger partial charge in [-0.3, -0.25) is 4.90 Å². The van der Waals surface area contributed by atoms with Gasteiger partial charge in [-0.15, -0.1) is 0 Å². The van der Waals surface area contributed by atoms with E-state index >= 15 is 0 Å². The highest BCUT2D eigenvalue weighted by Gasteiger charge is 2.18. The van der Waals surface area contributed by atoms with Crippen LogP contribution in [-0.4, -0.2) is 38.6 Å². The second-order valence-corrected chi connectivity index (χ2v) is 6.70. The molecule has 3 heterocycles. The van der Waals surface area contributed by atoms with Gasteiger partial charge < -0.3 is 11.1 Å². The van der Waals surface area contributed by atoms with Crippen molar-refractivity contribution in [3.8, 4) is 0 Å². The summed E-state index contributed by atoms with van der Waals surface area (Å²) in [6, 6.07) is 12.9. The van der Waals surface area contributed by atoms with Crippen LogP contribution in [-0.2, 0) is 13.1 Å². The molecule has 3 aromatic rings. The summed E-state index contributed by atoms with van der Waals surface area (Å²) in [6.45, 7) is 3.77.